The number of carbonyl (C=O) groups is 2. The van der Waals surface area contributed by atoms with E-state index in [0.717, 1.165) is 5.56 Å². The smallest absolute Gasteiger partial charge is 0.341 e. The minimum absolute atomic E-state index is 0.270. The van der Waals surface area contributed by atoms with E-state index in [1.807, 2.05) is 0 Å². The Morgan fingerprint density at radius 2 is 2.14 bits per heavy atom. The minimum Gasteiger partial charge on any atom is -0.482 e. The fourth-order valence-corrected chi connectivity index (χ4v) is 1.97. The third-order valence-electron chi connectivity index (χ3n) is 2.97. The number of benzene rings is 1. The monoisotopic (exact) mass is 304 g/mol. The number of hydrogen-bond donors (Lipinski definition) is 2. The maximum absolute atomic E-state index is 12.1. The lowest BCUT2D eigenvalue weighted by atomic mass is 10.1. The molecule has 7 nitrogen and oxygen atoms in total. The Morgan fingerprint density at radius 1 is 1.36 bits per heavy atom. The summed E-state index contributed by atoms with van der Waals surface area (Å²) in [6.07, 6.45) is 0. The Hall–Kier alpha value is -2.83. The van der Waals surface area contributed by atoms with Crippen LogP contribution < -0.4 is 10.1 Å². The van der Waals surface area contributed by atoms with E-state index in [2.05, 4.69) is 10.5 Å². The Balaban J connectivity index is 1.98. The van der Waals surface area contributed by atoms with Gasteiger partial charge in [-0.2, -0.15) is 0 Å². The second-order valence-electron chi connectivity index (χ2n) is 4.71. The second kappa shape index (κ2) is 6.75. The number of aryl methyl sites for hydroxylation is 2. The summed E-state index contributed by atoms with van der Waals surface area (Å²) in [6, 6.07) is 6.87. The molecule has 2 rings (SSSR count). The highest BCUT2D eigenvalue weighted by molar-refractivity contribution is 5.96. The van der Waals surface area contributed by atoms with Crippen LogP contribution in [0.3, 0.4) is 0 Å². The van der Waals surface area contributed by atoms with Gasteiger partial charge in [-0.3, -0.25) is 4.79 Å². The van der Waals surface area contributed by atoms with Crippen molar-refractivity contribution in [3.05, 3.63) is 46.8 Å². The maximum Gasteiger partial charge on any atom is 0.341 e. The normalized spacial score (nSPS) is 10.3. The van der Waals surface area contributed by atoms with E-state index in [0.29, 0.717) is 22.8 Å². The lowest BCUT2D eigenvalue weighted by Gasteiger charge is -2.07. The summed E-state index contributed by atoms with van der Waals surface area (Å²) in [5.74, 6) is -0.412. The van der Waals surface area contributed by atoms with Crippen molar-refractivity contribution in [2.24, 2.45) is 0 Å². The van der Waals surface area contributed by atoms with Gasteiger partial charge < -0.3 is 19.7 Å². The van der Waals surface area contributed by atoms with E-state index in [9.17, 15) is 9.59 Å². The van der Waals surface area contributed by atoms with Crippen LogP contribution in [0.25, 0.3) is 0 Å². The van der Waals surface area contributed by atoms with Crippen molar-refractivity contribution < 1.29 is 24.0 Å². The van der Waals surface area contributed by atoms with Gasteiger partial charge in [0.15, 0.2) is 6.61 Å². The van der Waals surface area contributed by atoms with Crippen molar-refractivity contribution in [2.75, 3.05) is 6.61 Å². The van der Waals surface area contributed by atoms with Gasteiger partial charge >= 0.3 is 5.97 Å². The molecule has 1 aromatic heterocycles. The highest BCUT2D eigenvalue weighted by Gasteiger charge is 2.16. The third-order valence-corrected chi connectivity index (χ3v) is 2.97. The van der Waals surface area contributed by atoms with Gasteiger partial charge in [0.25, 0.3) is 5.91 Å². The molecule has 0 aliphatic carbocycles. The SMILES string of the molecule is Cc1noc(C)c1C(=O)NCc1cccc(OCC(=O)O)c1. The molecule has 7 heteroatoms. The van der Waals surface area contributed by atoms with Gasteiger partial charge in [-0.05, 0) is 31.5 Å². The summed E-state index contributed by atoms with van der Waals surface area (Å²) in [6.45, 7) is 3.25. The first-order valence-electron chi connectivity index (χ1n) is 6.62. The van der Waals surface area contributed by atoms with E-state index >= 15 is 0 Å². The average molecular weight is 304 g/mol. The maximum atomic E-state index is 12.1. The zero-order chi connectivity index (χ0) is 16.1. The summed E-state index contributed by atoms with van der Waals surface area (Å²) < 4.78 is 10.0. The van der Waals surface area contributed by atoms with Crippen molar-refractivity contribution >= 4 is 11.9 Å². The molecule has 1 amide bonds. The van der Waals surface area contributed by atoms with Crippen LogP contribution >= 0.6 is 0 Å². The zero-order valence-electron chi connectivity index (χ0n) is 12.3. The molecule has 22 heavy (non-hydrogen) atoms. The van der Waals surface area contributed by atoms with Crippen LogP contribution in [0.5, 0.6) is 5.75 Å². The number of hydrogen-bond acceptors (Lipinski definition) is 5. The fourth-order valence-electron chi connectivity index (χ4n) is 1.97. The summed E-state index contributed by atoms with van der Waals surface area (Å²) in [5.41, 5.74) is 1.76. The Kier molecular flexibility index (Phi) is 4.77. The lowest BCUT2D eigenvalue weighted by Crippen LogP contribution is -2.23. The highest BCUT2D eigenvalue weighted by atomic mass is 16.5. The van der Waals surface area contributed by atoms with Crippen molar-refractivity contribution in [1.29, 1.82) is 0 Å². The standard InChI is InChI=1S/C15H16N2O5/c1-9-14(10(2)22-17-9)15(20)16-7-11-4-3-5-12(6-11)21-8-13(18)19/h3-6H,7-8H2,1-2H3,(H,16,20)(H,18,19). The van der Waals surface area contributed by atoms with Gasteiger partial charge in [-0.25, -0.2) is 4.79 Å². The van der Waals surface area contributed by atoms with E-state index < -0.39 is 12.6 Å². The topological polar surface area (TPSA) is 102 Å². The highest BCUT2D eigenvalue weighted by Crippen LogP contribution is 2.15. The number of carboxylic acids is 1. The molecule has 0 aliphatic heterocycles. The largest absolute Gasteiger partial charge is 0.482 e. The second-order valence-corrected chi connectivity index (χ2v) is 4.71. The van der Waals surface area contributed by atoms with Crippen LogP contribution in [0.1, 0.15) is 27.4 Å². The van der Waals surface area contributed by atoms with Gasteiger partial charge in [0.05, 0.1) is 5.69 Å². The van der Waals surface area contributed by atoms with Crippen molar-refractivity contribution in [3.8, 4) is 5.75 Å². The predicted octanol–water partition coefficient (Wildman–Crippen LogP) is 1.68. The molecule has 0 aliphatic rings. The fraction of sp³-hybridized carbons (Fsp3) is 0.267. The molecule has 0 saturated heterocycles. The molecule has 0 unspecified atom stereocenters. The molecule has 0 saturated carbocycles. The van der Waals surface area contributed by atoms with Crippen LogP contribution in [-0.2, 0) is 11.3 Å². The average Bonchev–Trinajstić information content (AvgIpc) is 2.82. The van der Waals surface area contributed by atoms with E-state index in [1.54, 1.807) is 38.1 Å². The van der Waals surface area contributed by atoms with Crippen molar-refractivity contribution in [2.45, 2.75) is 20.4 Å². The quantitative estimate of drug-likeness (QED) is 0.842. The van der Waals surface area contributed by atoms with Crippen molar-refractivity contribution in [3.63, 3.8) is 0 Å². The first-order valence-corrected chi connectivity index (χ1v) is 6.62. The van der Waals surface area contributed by atoms with Gasteiger partial charge in [0.2, 0.25) is 0 Å². The van der Waals surface area contributed by atoms with Gasteiger partial charge in [-0.15, -0.1) is 0 Å². The Morgan fingerprint density at radius 3 is 2.77 bits per heavy atom. The molecule has 116 valence electrons. The number of nitrogens with zero attached hydrogens (tertiary/aromatic N) is 1. The molecule has 2 N–H and O–H groups in total. The molecule has 0 radical (unpaired) electrons. The number of aliphatic carboxylic acids is 1. The minimum atomic E-state index is -1.04. The molecule has 0 atom stereocenters. The van der Waals surface area contributed by atoms with Gasteiger partial charge in [-0.1, -0.05) is 17.3 Å². The zero-order valence-corrected chi connectivity index (χ0v) is 12.3. The number of amides is 1. The molecule has 0 bridgehead atoms. The lowest BCUT2D eigenvalue weighted by molar-refractivity contribution is -0.139. The molecule has 0 fully saturated rings. The first kappa shape index (κ1) is 15.6. The van der Waals surface area contributed by atoms with E-state index in [4.69, 9.17) is 14.4 Å². The number of ether oxygens (including phenoxy) is 1. The molecule has 1 aromatic carbocycles. The number of aromatic nitrogens is 1. The summed E-state index contributed by atoms with van der Waals surface area (Å²) >= 11 is 0. The van der Waals surface area contributed by atoms with Crippen LogP contribution in [0.15, 0.2) is 28.8 Å². The molecular formula is C15H16N2O5. The van der Waals surface area contributed by atoms with Crippen LogP contribution in [-0.4, -0.2) is 28.7 Å². The number of nitrogens with one attached hydrogen (secondary N) is 1. The first-order chi connectivity index (χ1) is 10.5. The molecule has 2 aromatic rings. The Bertz CT molecular complexity index is 673. The van der Waals surface area contributed by atoms with Crippen molar-refractivity contribution in [1.82, 2.24) is 10.5 Å². The van der Waals surface area contributed by atoms with Gasteiger partial charge in [0.1, 0.15) is 17.1 Å². The number of carbonyl (C=O) groups excluding carboxylic acids is 1. The third kappa shape index (κ3) is 3.85. The number of carboxylic acid groups (broad SMARTS) is 1. The predicted molar refractivity (Wildman–Crippen MR) is 76.7 cm³/mol. The van der Waals surface area contributed by atoms with Crippen LogP contribution in [0.4, 0.5) is 0 Å². The van der Waals surface area contributed by atoms with Crippen LogP contribution in [0.2, 0.25) is 0 Å². The van der Waals surface area contributed by atoms with E-state index in [-0.39, 0.29) is 12.5 Å². The van der Waals surface area contributed by atoms with Crippen LogP contribution in [0, 0.1) is 13.8 Å². The summed E-state index contributed by atoms with van der Waals surface area (Å²) in [4.78, 5) is 22.6. The van der Waals surface area contributed by atoms with Gasteiger partial charge in [0, 0.05) is 6.54 Å². The molecule has 0 spiro atoms. The molecule has 1 heterocycles. The Labute approximate surface area is 126 Å². The summed E-state index contributed by atoms with van der Waals surface area (Å²) in [7, 11) is 0. The molecular weight excluding hydrogens is 288 g/mol. The van der Waals surface area contributed by atoms with E-state index in [1.165, 1.54) is 0 Å². The summed E-state index contributed by atoms with van der Waals surface area (Å²) in [5, 5.41) is 15.1. The number of rotatable bonds is 6.